The van der Waals surface area contributed by atoms with E-state index in [0.29, 0.717) is 12.4 Å². The van der Waals surface area contributed by atoms with Crippen molar-refractivity contribution in [3.63, 3.8) is 0 Å². The monoisotopic (exact) mass is 194 g/mol. The van der Waals surface area contributed by atoms with Crippen LogP contribution in [0.3, 0.4) is 0 Å². The summed E-state index contributed by atoms with van der Waals surface area (Å²) >= 11 is 0. The SMILES string of the molecule is C=CCN(C)C(=O)Cn1ccc(N)n1. The average molecular weight is 194 g/mol. The third-order valence-electron chi connectivity index (χ3n) is 1.79. The molecular weight excluding hydrogens is 180 g/mol. The third kappa shape index (κ3) is 2.62. The Hall–Kier alpha value is -1.78. The Morgan fingerprint density at radius 2 is 2.57 bits per heavy atom. The van der Waals surface area contributed by atoms with E-state index in [1.807, 2.05) is 0 Å². The van der Waals surface area contributed by atoms with E-state index in [-0.39, 0.29) is 12.5 Å². The van der Waals surface area contributed by atoms with Gasteiger partial charge in [-0.2, -0.15) is 5.10 Å². The van der Waals surface area contributed by atoms with Gasteiger partial charge in [-0.25, -0.2) is 0 Å². The Balaban J connectivity index is 2.52. The average Bonchev–Trinajstić information content (AvgIpc) is 2.51. The molecule has 1 aromatic heterocycles. The molecule has 0 spiro atoms. The number of nitrogens with zero attached hydrogens (tertiary/aromatic N) is 3. The van der Waals surface area contributed by atoms with E-state index in [9.17, 15) is 4.79 Å². The summed E-state index contributed by atoms with van der Waals surface area (Å²) in [6.45, 7) is 4.31. The van der Waals surface area contributed by atoms with Crippen LogP contribution in [0.1, 0.15) is 0 Å². The number of hydrogen-bond donors (Lipinski definition) is 1. The van der Waals surface area contributed by atoms with Crippen molar-refractivity contribution in [3.05, 3.63) is 24.9 Å². The Kier molecular flexibility index (Phi) is 3.28. The second-order valence-corrected chi connectivity index (χ2v) is 3.00. The van der Waals surface area contributed by atoms with Crippen LogP contribution in [0.2, 0.25) is 0 Å². The van der Waals surface area contributed by atoms with Crippen molar-refractivity contribution in [3.8, 4) is 0 Å². The van der Waals surface area contributed by atoms with Gasteiger partial charge in [0.25, 0.3) is 0 Å². The lowest BCUT2D eigenvalue weighted by Crippen LogP contribution is -2.30. The summed E-state index contributed by atoms with van der Waals surface area (Å²) in [5.74, 6) is 0.400. The van der Waals surface area contributed by atoms with Crippen molar-refractivity contribution >= 4 is 11.7 Å². The number of aromatic nitrogens is 2. The van der Waals surface area contributed by atoms with Crippen molar-refractivity contribution < 1.29 is 4.79 Å². The molecule has 0 aromatic carbocycles. The van der Waals surface area contributed by atoms with Crippen LogP contribution < -0.4 is 5.73 Å². The van der Waals surface area contributed by atoms with E-state index >= 15 is 0 Å². The van der Waals surface area contributed by atoms with Crippen LogP contribution in [-0.2, 0) is 11.3 Å². The van der Waals surface area contributed by atoms with Gasteiger partial charge in [0.15, 0.2) is 0 Å². The predicted octanol–water partition coefficient (Wildman–Crippen LogP) is 0.110. The zero-order valence-electron chi connectivity index (χ0n) is 8.18. The lowest BCUT2D eigenvalue weighted by Gasteiger charge is -2.14. The number of hydrogen-bond acceptors (Lipinski definition) is 3. The second kappa shape index (κ2) is 4.45. The molecule has 0 fully saturated rings. The molecule has 0 saturated carbocycles. The highest BCUT2D eigenvalue weighted by Gasteiger charge is 2.07. The fourth-order valence-electron chi connectivity index (χ4n) is 1.02. The van der Waals surface area contributed by atoms with E-state index in [4.69, 9.17) is 5.73 Å². The first kappa shape index (κ1) is 10.3. The molecule has 0 saturated heterocycles. The number of nitrogens with two attached hydrogens (primary N) is 1. The van der Waals surface area contributed by atoms with Crippen molar-refractivity contribution in [2.45, 2.75) is 6.54 Å². The lowest BCUT2D eigenvalue weighted by molar-refractivity contribution is -0.130. The first-order valence-electron chi connectivity index (χ1n) is 4.27. The van der Waals surface area contributed by atoms with Gasteiger partial charge in [0.05, 0.1) is 0 Å². The van der Waals surface area contributed by atoms with Gasteiger partial charge in [0.1, 0.15) is 12.4 Å². The molecule has 1 heterocycles. The van der Waals surface area contributed by atoms with Gasteiger partial charge in [-0.1, -0.05) is 6.08 Å². The number of rotatable bonds is 4. The fourth-order valence-corrected chi connectivity index (χ4v) is 1.02. The highest BCUT2D eigenvalue weighted by atomic mass is 16.2. The first-order valence-corrected chi connectivity index (χ1v) is 4.27. The van der Waals surface area contributed by atoms with Crippen LogP contribution in [0.25, 0.3) is 0 Å². The van der Waals surface area contributed by atoms with Crippen LogP contribution in [0.4, 0.5) is 5.82 Å². The standard InChI is InChI=1S/C9H14N4O/c1-3-5-12(2)9(14)7-13-6-4-8(10)11-13/h3-4,6H,1,5,7H2,2H3,(H2,10,11). The summed E-state index contributed by atoms with van der Waals surface area (Å²) in [5, 5.41) is 3.91. The molecular formula is C9H14N4O. The maximum atomic E-state index is 11.5. The molecule has 5 heteroatoms. The number of nitrogen functional groups attached to an aromatic ring is 1. The van der Waals surface area contributed by atoms with Gasteiger partial charge < -0.3 is 10.6 Å². The fraction of sp³-hybridized carbons (Fsp3) is 0.333. The molecule has 0 aliphatic heterocycles. The molecule has 0 atom stereocenters. The van der Waals surface area contributed by atoms with E-state index in [2.05, 4.69) is 11.7 Å². The maximum Gasteiger partial charge on any atom is 0.244 e. The van der Waals surface area contributed by atoms with Crippen LogP contribution >= 0.6 is 0 Å². The zero-order valence-corrected chi connectivity index (χ0v) is 8.18. The second-order valence-electron chi connectivity index (χ2n) is 3.00. The minimum atomic E-state index is -0.0204. The Bertz CT molecular complexity index is 331. The van der Waals surface area contributed by atoms with E-state index in [1.165, 1.54) is 4.68 Å². The molecule has 0 bridgehead atoms. The number of carbonyl (C=O) groups excluding carboxylic acids is 1. The molecule has 0 aliphatic carbocycles. The Labute approximate surface area is 82.8 Å². The normalized spacial score (nSPS) is 9.79. The summed E-state index contributed by atoms with van der Waals surface area (Å²) in [5.41, 5.74) is 5.42. The predicted molar refractivity (Wildman–Crippen MR) is 54.5 cm³/mol. The highest BCUT2D eigenvalue weighted by Crippen LogP contribution is 1.97. The molecule has 76 valence electrons. The van der Waals surface area contributed by atoms with Gasteiger partial charge >= 0.3 is 0 Å². The molecule has 1 amide bonds. The summed E-state index contributed by atoms with van der Waals surface area (Å²) in [6, 6.07) is 1.65. The van der Waals surface area contributed by atoms with Crippen LogP contribution in [-0.4, -0.2) is 34.2 Å². The van der Waals surface area contributed by atoms with Crippen LogP contribution in [0.5, 0.6) is 0 Å². The minimum absolute atomic E-state index is 0.0204. The smallest absolute Gasteiger partial charge is 0.244 e. The molecule has 2 N–H and O–H groups in total. The van der Waals surface area contributed by atoms with Gasteiger partial charge in [-0.3, -0.25) is 9.48 Å². The number of anilines is 1. The number of amides is 1. The van der Waals surface area contributed by atoms with Gasteiger partial charge in [-0.15, -0.1) is 6.58 Å². The first-order chi connectivity index (χ1) is 6.63. The molecule has 1 rings (SSSR count). The minimum Gasteiger partial charge on any atom is -0.382 e. The van der Waals surface area contributed by atoms with E-state index in [1.54, 1.807) is 30.3 Å². The van der Waals surface area contributed by atoms with Gasteiger partial charge in [-0.05, 0) is 6.07 Å². The number of likely N-dealkylation sites (N-methyl/N-ethyl adjacent to an activating group) is 1. The molecule has 0 aliphatic rings. The van der Waals surface area contributed by atoms with Crippen LogP contribution in [0.15, 0.2) is 24.9 Å². The summed E-state index contributed by atoms with van der Waals surface area (Å²) < 4.78 is 1.51. The van der Waals surface area contributed by atoms with Crippen molar-refractivity contribution in [1.29, 1.82) is 0 Å². The topological polar surface area (TPSA) is 64.2 Å². The molecule has 1 aromatic rings. The molecule has 5 nitrogen and oxygen atoms in total. The van der Waals surface area contributed by atoms with Crippen molar-refractivity contribution in [1.82, 2.24) is 14.7 Å². The molecule has 0 radical (unpaired) electrons. The molecule has 0 unspecified atom stereocenters. The van der Waals surface area contributed by atoms with Crippen molar-refractivity contribution in [2.75, 3.05) is 19.3 Å². The van der Waals surface area contributed by atoms with Gasteiger partial charge in [0.2, 0.25) is 5.91 Å². The largest absolute Gasteiger partial charge is 0.382 e. The summed E-state index contributed by atoms with van der Waals surface area (Å²) in [7, 11) is 1.72. The van der Waals surface area contributed by atoms with Crippen molar-refractivity contribution in [2.24, 2.45) is 0 Å². The van der Waals surface area contributed by atoms with Crippen LogP contribution in [0, 0.1) is 0 Å². The highest BCUT2D eigenvalue weighted by molar-refractivity contribution is 5.75. The number of carbonyl (C=O) groups is 1. The Morgan fingerprint density at radius 3 is 3.07 bits per heavy atom. The van der Waals surface area contributed by atoms with Gasteiger partial charge in [0, 0.05) is 19.8 Å². The quantitative estimate of drug-likeness (QED) is 0.692. The van der Waals surface area contributed by atoms with E-state index < -0.39 is 0 Å². The summed E-state index contributed by atoms with van der Waals surface area (Å²) in [4.78, 5) is 13.1. The summed E-state index contributed by atoms with van der Waals surface area (Å²) in [6.07, 6.45) is 3.35. The molecule has 14 heavy (non-hydrogen) atoms. The maximum absolute atomic E-state index is 11.5. The zero-order chi connectivity index (χ0) is 10.6. The Morgan fingerprint density at radius 1 is 1.86 bits per heavy atom. The van der Waals surface area contributed by atoms with E-state index in [0.717, 1.165) is 0 Å². The lowest BCUT2D eigenvalue weighted by atomic mass is 10.5. The third-order valence-corrected chi connectivity index (χ3v) is 1.79.